The standard InChI is InChI=1S/C33H41N5/c1-33(2,3)26-16-14-25(15-17-26)24-12-10-23(11-13-24)22-34-27-18-20-28(21-19-27)35-32-36-30-9-7-6-8-29(30)31(37-32)38(4)5/h6-17,27-28,34H,18-22H2,1-5H3,(H,35,36,37). The molecular weight excluding hydrogens is 466 g/mol. The van der Waals surface area contributed by atoms with Crippen molar-refractivity contribution >= 4 is 22.7 Å². The van der Waals surface area contributed by atoms with Crippen LogP contribution >= 0.6 is 0 Å². The molecule has 5 nitrogen and oxygen atoms in total. The van der Waals surface area contributed by atoms with Gasteiger partial charge in [0.05, 0.1) is 5.52 Å². The summed E-state index contributed by atoms with van der Waals surface area (Å²) < 4.78 is 0. The van der Waals surface area contributed by atoms with E-state index < -0.39 is 0 Å². The molecule has 1 aliphatic carbocycles. The van der Waals surface area contributed by atoms with E-state index in [2.05, 4.69) is 97.0 Å². The van der Waals surface area contributed by atoms with E-state index in [1.807, 2.05) is 26.2 Å². The van der Waals surface area contributed by atoms with E-state index in [4.69, 9.17) is 9.97 Å². The van der Waals surface area contributed by atoms with Gasteiger partial charge in [0.15, 0.2) is 0 Å². The molecule has 0 unspecified atom stereocenters. The predicted molar refractivity (Wildman–Crippen MR) is 161 cm³/mol. The Morgan fingerprint density at radius 3 is 2.00 bits per heavy atom. The summed E-state index contributed by atoms with van der Waals surface area (Å²) in [4.78, 5) is 11.7. The molecule has 1 heterocycles. The van der Waals surface area contributed by atoms with Crippen molar-refractivity contribution in [1.82, 2.24) is 15.3 Å². The Kier molecular flexibility index (Phi) is 7.66. The van der Waals surface area contributed by atoms with Crippen LogP contribution in [0, 0.1) is 0 Å². The SMILES string of the molecule is CN(C)c1nc(NC2CCC(NCc3ccc(-c4ccc(C(C)(C)C)cc4)cc3)CC2)nc2ccccc12. The van der Waals surface area contributed by atoms with Gasteiger partial charge in [-0.1, -0.05) is 81.4 Å². The topological polar surface area (TPSA) is 53.1 Å². The zero-order valence-corrected chi connectivity index (χ0v) is 23.5. The number of nitrogens with one attached hydrogen (secondary N) is 2. The minimum atomic E-state index is 0.184. The van der Waals surface area contributed by atoms with Gasteiger partial charge in [-0.05, 0) is 65.5 Å². The van der Waals surface area contributed by atoms with E-state index in [0.717, 1.165) is 54.9 Å². The van der Waals surface area contributed by atoms with Gasteiger partial charge in [-0.3, -0.25) is 0 Å². The third-order valence-corrected chi connectivity index (χ3v) is 7.70. The third-order valence-electron chi connectivity index (χ3n) is 7.70. The second-order valence-electron chi connectivity index (χ2n) is 11.9. The fourth-order valence-corrected chi connectivity index (χ4v) is 5.33. The Bertz CT molecular complexity index is 1350. The van der Waals surface area contributed by atoms with Crippen molar-refractivity contribution in [2.75, 3.05) is 24.3 Å². The van der Waals surface area contributed by atoms with Crippen LogP contribution in [0.4, 0.5) is 11.8 Å². The molecule has 2 N–H and O–H groups in total. The van der Waals surface area contributed by atoms with E-state index in [1.165, 1.54) is 22.3 Å². The molecular formula is C33H41N5. The Morgan fingerprint density at radius 2 is 1.37 bits per heavy atom. The maximum absolute atomic E-state index is 4.82. The molecule has 0 bridgehead atoms. The van der Waals surface area contributed by atoms with Gasteiger partial charge in [0, 0.05) is 38.1 Å². The zero-order chi connectivity index (χ0) is 26.7. The van der Waals surface area contributed by atoms with Crippen molar-refractivity contribution in [1.29, 1.82) is 0 Å². The fraction of sp³-hybridized carbons (Fsp3) is 0.394. The number of benzene rings is 3. The number of para-hydroxylation sites is 1. The molecule has 1 fully saturated rings. The van der Waals surface area contributed by atoms with Crippen LogP contribution in [0.25, 0.3) is 22.0 Å². The summed E-state index contributed by atoms with van der Waals surface area (Å²) in [6.45, 7) is 7.68. The summed E-state index contributed by atoms with van der Waals surface area (Å²) in [5, 5.41) is 8.49. The van der Waals surface area contributed by atoms with E-state index >= 15 is 0 Å². The molecule has 0 amide bonds. The maximum atomic E-state index is 4.82. The number of fused-ring (bicyclic) bond motifs is 1. The first-order valence-electron chi connectivity index (χ1n) is 13.9. The van der Waals surface area contributed by atoms with Gasteiger partial charge in [-0.15, -0.1) is 0 Å². The van der Waals surface area contributed by atoms with Crippen molar-refractivity contribution < 1.29 is 0 Å². The summed E-state index contributed by atoms with van der Waals surface area (Å²) in [6.07, 6.45) is 4.55. The summed E-state index contributed by atoms with van der Waals surface area (Å²) >= 11 is 0. The molecule has 5 heteroatoms. The highest BCUT2D eigenvalue weighted by atomic mass is 15.2. The minimum absolute atomic E-state index is 0.184. The van der Waals surface area contributed by atoms with Gasteiger partial charge in [-0.2, -0.15) is 4.98 Å². The lowest BCUT2D eigenvalue weighted by atomic mass is 9.86. The number of hydrogen-bond donors (Lipinski definition) is 2. The van der Waals surface area contributed by atoms with E-state index in [1.54, 1.807) is 0 Å². The Morgan fingerprint density at radius 1 is 0.763 bits per heavy atom. The molecule has 198 valence electrons. The van der Waals surface area contributed by atoms with E-state index in [0.29, 0.717) is 12.1 Å². The molecule has 38 heavy (non-hydrogen) atoms. The normalized spacial score (nSPS) is 17.9. The molecule has 1 aliphatic rings. The van der Waals surface area contributed by atoms with Gasteiger partial charge >= 0.3 is 0 Å². The van der Waals surface area contributed by atoms with Gasteiger partial charge < -0.3 is 15.5 Å². The Balaban J connectivity index is 1.12. The van der Waals surface area contributed by atoms with Crippen LogP contribution in [0.5, 0.6) is 0 Å². The van der Waals surface area contributed by atoms with Crippen LogP contribution in [0.1, 0.15) is 57.6 Å². The van der Waals surface area contributed by atoms with Crippen LogP contribution < -0.4 is 15.5 Å². The largest absolute Gasteiger partial charge is 0.362 e. The Hall–Kier alpha value is -3.44. The lowest BCUT2D eigenvalue weighted by Gasteiger charge is -2.30. The lowest BCUT2D eigenvalue weighted by molar-refractivity contribution is 0.352. The van der Waals surface area contributed by atoms with Gasteiger partial charge in [0.1, 0.15) is 5.82 Å². The molecule has 0 atom stereocenters. The third kappa shape index (κ3) is 6.16. The molecule has 1 aromatic heterocycles. The van der Waals surface area contributed by atoms with Crippen molar-refractivity contribution in [3.05, 3.63) is 83.9 Å². The molecule has 0 saturated heterocycles. The molecule has 0 aliphatic heterocycles. The zero-order valence-electron chi connectivity index (χ0n) is 23.5. The number of aromatic nitrogens is 2. The predicted octanol–water partition coefficient (Wildman–Crippen LogP) is 7.17. The second kappa shape index (κ2) is 11.1. The maximum Gasteiger partial charge on any atom is 0.225 e. The first-order chi connectivity index (χ1) is 18.3. The molecule has 4 aromatic rings. The van der Waals surface area contributed by atoms with Gasteiger partial charge in [0.25, 0.3) is 0 Å². The summed E-state index contributed by atoms with van der Waals surface area (Å²) in [5.41, 5.74) is 6.42. The monoisotopic (exact) mass is 507 g/mol. The van der Waals surface area contributed by atoms with Crippen LogP contribution in [0.3, 0.4) is 0 Å². The minimum Gasteiger partial charge on any atom is -0.362 e. The molecule has 5 rings (SSSR count). The average Bonchev–Trinajstić information content (AvgIpc) is 2.92. The van der Waals surface area contributed by atoms with Crippen LogP contribution in [-0.2, 0) is 12.0 Å². The van der Waals surface area contributed by atoms with Crippen molar-refractivity contribution in [3.63, 3.8) is 0 Å². The van der Waals surface area contributed by atoms with Crippen LogP contribution in [0.15, 0.2) is 72.8 Å². The smallest absolute Gasteiger partial charge is 0.225 e. The molecule has 0 radical (unpaired) electrons. The summed E-state index contributed by atoms with van der Waals surface area (Å²) in [7, 11) is 4.07. The van der Waals surface area contributed by atoms with Crippen LogP contribution in [-0.4, -0.2) is 36.1 Å². The molecule has 0 spiro atoms. The van der Waals surface area contributed by atoms with Gasteiger partial charge in [-0.25, -0.2) is 4.98 Å². The summed E-state index contributed by atoms with van der Waals surface area (Å²) in [6, 6.07) is 27.2. The first-order valence-corrected chi connectivity index (χ1v) is 13.9. The number of nitrogens with zero attached hydrogens (tertiary/aromatic N) is 3. The Labute approximate surface area is 227 Å². The highest BCUT2D eigenvalue weighted by Crippen LogP contribution is 2.28. The first kappa shape index (κ1) is 26.2. The van der Waals surface area contributed by atoms with E-state index in [-0.39, 0.29) is 5.41 Å². The molecule has 3 aromatic carbocycles. The van der Waals surface area contributed by atoms with Crippen molar-refractivity contribution in [3.8, 4) is 11.1 Å². The van der Waals surface area contributed by atoms with Gasteiger partial charge in [0.2, 0.25) is 5.95 Å². The molecule has 1 saturated carbocycles. The lowest BCUT2D eigenvalue weighted by Crippen LogP contribution is -2.37. The summed E-state index contributed by atoms with van der Waals surface area (Å²) in [5.74, 6) is 1.69. The van der Waals surface area contributed by atoms with Crippen molar-refractivity contribution in [2.45, 2.75) is 70.5 Å². The highest BCUT2D eigenvalue weighted by Gasteiger charge is 2.22. The fourth-order valence-electron chi connectivity index (χ4n) is 5.33. The van der Waals surface area contributed by atoms with Crippen molar-refractivity contribution in [2.24, 2.45) is 0 Å². The quantitative estimate of drug-likeness (QED) is 0.278. The van der Waals surface area contributed by atoms with Crippen LogP contribution in [0.2, 0.25) is 0 Å². The average molecular weight is 508 g/mol. The number of anilines is 2. The number of hydrogen-bond acceptors (Lipinski definition) is 5. The van der Waals surface area contributed by atoms with E-state index in [9.17, 15) is 0 Å². The highest BCUT2D eigenvalue weighted by molar-refractivity contribution is 5.90. The second-order valence-corrected chi connectivity index (χ2v) is 11.9. The number of rotatable bonds is 7.